The van der Waals surface area contributed by atoms with Gasteiger partial charge in [0.05, 0.1) is 30.9 Å². The molecule has 0 radical (unpaired) electrons. The molecule has 37 heavy (non-hydrogen) atoms. The summed E-state index contributed by atoms with van der Waals surface area (Å²) in [4.78, 5) is 27.8. The van der Waals surface area contributed by atoms with E-state index in [4.69, 9.17) is 9.47 Å². The van der Waals surface area contributed by atoms with Gasteiger partial charge in [0.25, 0.3) is 0 Å². The van der Waals surface area contributed by atoms with Gasteiger partial charge in [-0.25, -0.2) is 15.6 Å². The van der Waals surface area contributed by atoms with Gasteiger partial charge in [0.1, 0.15) is 6.04 Å². The fraction of sp³-hybridized carbons (Fsp3) is 0.310. The molecule has 8 heteroatoms. The quantitative estimate of drug-likeness (QED) is 0.417. The molecular weight excluding hydrogens is 470 g/mol. The Morgan fingerprint density at radius 1 is 0.919 bits per heavy atom. The molecule has 2 saturated heterocycles. The van der Waals surface area contributed by atoms with Crippen molar-refractivity contribution >= 4 is 17.6 Å². The molecule has 4 unspecified atom stereocenters. The Morgan fingerprint density at radius 3 is 2.27 bits per heavy atom. The number of nitrogens with one attached hydrogen (secondary N) is 2. The van der Waals surface area contributed by atoms with Crippen LogP contribution in [0.25, 0.3) is 0 Å². The second-order valence-corrected chi connectivity index (χ2v) is 9.31. The zero-order valence-corrected chi connectivity index (χ0v) is 21.1. The van der Waals surface area contributed by atoms with Crippen LogP contribution in [0, 0.1) is 12.8 Å². The Kier molecular flexibility index (Phi) is 6.86. The summed E-state index contributed by atoms with van der Waals surface area (Å²) in [6.07, 6.45) is 0. The number of carbonyl (C=O) groups excluding carboxylic acids is 2. The molecule has 2 fully saturated rings. The summed E-state index contributed by atoms with van der Waals surface area (Å²) in [7, 11) is 0. The molecule has 0 aromatic heterocycles. The van der Waals surface area contributed by atoms with E-state index < -0.39 is 12.0 Å². The number of rotatable bonds is 7. The predicted octanol–water partition coefficient (Wildman–Crippen LogP) is 4.20. The third-order valence-corrected chi connectivity index (χ3v) is 7.03. The maximum Gasteiger partial charge on any atom is 0.338 e. The monoisotopic (exact) mass is 501 g/mol. The first-order valence-corrected chi connectivity index (χ1v) is 12.6. The molecular formula is C29H31N3O5. The number of phenols is 1. The number of aromatic hydroxyl groups is 1. The molecule has 3 aromatic carbocycles. The average molecular weight is 502 g/mol. The molecule has 0 saturated carbocycles. The van der Waals surface area contributed by atoms with Crippen molar-refractivity contribution in [3.05, 3.63) is 89.0 Å². The number of hydrazine groups is 1. The highest BCUT2D eigenvalue weighted by molar-refractivity contribution is 6.02. The van der Waals surface area contributed by atoms with E-state index in [1.165, 1.54) is 0 Å². The van der Waals surface area contributed by atoms with Gasteiger partial charge in [-0.1, -0.05) is 35.9 Å². The van der Waals surface area contributed by atoms with Crippen molar-refractivity contribution in [2.75, 3.05) is 18.1 Å². The van der Waals surface area contributed by atoms with Crippen molar-refractivity contribution < 1.29 is 24.2 Å². The minimum Gasteiger partial charge on any atom is -0.504 e. The highest BCUT2D eigenvalue weighted by Gasteiger charge is 2.56. The van der Waals surface area contributed by atoms with Gasteiger partial charge in [-0.3, -0.25) is 4.79 Å². The van der Waals surface area contributed by atoms with Gasteiger partial charge < -0.3 is 19.5 Å². The Bertz CT molecular complexity index is 1290. The van der Waals surface area contributed by atoms with Crippen LogP contribution < -0.4 is 20.5 Å². The number of benzene rings is 3. The topological polar surface area (TPSA) is 100 Å². The maximum absolute atomic E-state index is 13.9. The van der Waals surface area contributed by atoms with Crippen LogP contribution >= 0.6 is 0 Å². The molecule has 3 N–H and O–H groups in total. The Morgan fingerprint density at radius 2 is 1.59 bits per heavy atom. The van der Waals surface area contributed by atoms with Crippen LogP contribution in [0.3, 0.4) is 0 Å². The first-order chi connectivity index (χ1) is 17.9. The molecule has 2 aliphatic heterocycles. The number of fused-ring (bicyclic) bond motifs is 1. The van der Waals surface area contributed by atoms with E-state index in [1.807, 2.05) is 26.0 Å². The van der Waals surface area contributed by atoms with Crippen LogP contribution in [0.2, 0.25) is 0 Å². The number of hydrogen-bond acceptors (Lipinski definition) is 7. The summed E-state index contributed by atoms with van der Waals surface area (Å²) in [6.45, 7) is 6.36. The first-order valence-electron chi connectivity index (χ1n) is 12.6. The molecule has 8 nitrogen and oxygen atoms in total. The molecule has 5 rings (SSSR count). The van der Waals surface area contributed by atoms with Crippen molar-refractivity contribution in [2.45, 2.75) is 38.9 Å². The van der Waals surface area contributed by atoms with Gasteiger partial charge in [-0.2, -0.15) is 0 Å². The summed E-state index contributed by atoms with van der Waals surface area (Å²) in [5, 5.41) is 10.3. The number of phenolic OH excluding ortho intramolecular Hbond substituents is 1. The molecule has 0 aliphatic carbocycles. The van der Waals surface area contributed by atoms with Crippen LogP contribution in [-0.4, -0.2) is 36.2 Å². The largest absolute Gasteiger partial charge is 0.504 e. The maximum atomic E-state index is 13.9. The van der Waals surface area contributed by atoms with E-state index in [-0.39, 0.29) is 29.7 Å². The zero-order chi connectivity index (χ0) is 26.1. The normalized spacial score (nSPS) is 22.7. The summed E-state index contributed by atoms with van der Waals surface area (Å²) in [6, 6.07) is 19.5. The zero-order valence-electron chi connectivity index (χ0n) is 21.1. The minimum absolute atomic E-state index is 0.0505. The second kappa shape index (κ2) is 10.2. The number of carbonyl (C=O) groups is 2. The lowest BCUT2D eigenvalue weighted by molar-refractivity contribution is -0.119. The highest BCUT2D eigenvalue weighted by Crippen LogP contribution is 2.50. The highest BCUT2D eigenvalue weighted by atomic mass is 16.5. The van der Waals surface area contributed by atoms with Crippen LogP contribution in [0.15, 0.2) is 66.7 Å². The van der Waals surface area contributed by atoms with E-state index in [0.717, 1.165) is 16.7 Å². The molecule has 2 aliphatic rings. The van der Waals surface area contributed by atoms with Crippen LogP contribution in [0.4, 0.5) is 5.69 Å². The second-order valence-electron chi connectivity index (χ2n) is 9.31. The number of anilines is 1. The Labute approximate surface area is 216 Å². The lowest BCUT2D eigenvalue weighted by Gasteiger charge is -2.31. The molecule has 1 amide bonds. The third-order valence-electron chi connectivity index (χ3n) is 7.03. The van der Waals surface area contributed by atoms with Crippen molar-refractivity contribution in [3.8, 4) is 11.5 Å². The van der Waals surface area contributed by atoms with E-state index in [0.29, 0.717) is 30.2 Å². The van der Waals surface area contributed by atoms with Gasteiger partial charge in [-0.15, -0.1) is 0 Å². The number of nitrogens with zero attached hydrogens (tertiary/aromatic N) is 1. The third kappa shape index (κ3) is 4.54. The molecule has 4 atom stereocenters. The lowest BCUT2D eigenvalue weighted by atomic mass is 9.83. The lowest BCUT2D eigenvalue weighted by Crippen LogP contribution is -2.41. The Balaban J connectivity index is 1.59. The molecule has 0 spiro atoms. The summed E-state index contributed by atoms with van der Waals surface area (Å²) in [5.41, 5.74) is 10.8. The number of hydrogen-bond donors (Lipinski definition) is 3. The minimum atomic E-state index is -0.467. The Hall–Kier alpha value is -3.88. The molecule has 3 aromatic rings. The van der Waals surface area contributed by atoms with Crippen molar-refractivity contribution in [1.82, 2.24) is 10.9 Å². The molecule has 0 bridgehead atoms. The number of aryl methyl sites for hydroxylation is 1. The smallest absolute Gasteiger partial charge is 0.338 e. The van der Waals surface area contributed by atoms with Crippen molar-refractivity contribution in [1.29, 1.82) is 0 Å². The van der Waals surface area contributed by atoms with Crippen molar-refractivity contribution in [2.24, 2.45) is 5.92 Å². The summed E-state index contributed by atoms with van der Waals surface area (Å²) >= 11 is 0. The summed E-state index contributed by atoms with van der Waals surface area (Å²) in [5.74, 6) is -0.208. The van der Waals surface area contributed by atoms with Crippen LogP contribution in [0.1, 0.15) is 53.0 Å². The van der Waals surface area contributed by atoms with Gasteiger partial charge in [0.2, 0.25) is 5.91 Å². The SMILES string of the molecule is CCOC(=O)c1ccc(N2C(=O)C3NNC(c4ccc(C)cc4)C3C2c2ccc(O)c(OCC)c2)cc1. The standard InChI is InChI=1S/C29H31N3O5/c1-4-36-23-16-20(12-15-22(23)33)27-24-25(18-8-6-17(3)7-9-18)30-31-26(24)28(34)32(27)21-13-10-19(11-14-21)29(35)37-5-2/h6-16,24-27,30-31,33H,4-5H2,1-3H3. The fourth-order valence-corrected chi connectivity index (χ4v) is 5.31. The number of amides is 1. The van der Waals surface area contributed by atoms with Gasteiger partial charge in [0, 0.05) is 11.6 Å². The van der Waals surface area contributed by atoms with Gasteiger partial charge >= 0.3 is 5.97 Å². The molecule has 192 valence electrons. The summed E-state index contributed by atoms with van der Waals surface area (Å²) < 4.78 is 10.8. The predicted molar refractivity (Wildman–Crippen MR) is 139 cm³/mol. The number of esters is 1. The van der Waals surface area contributed by atoms with Crippen LogP contribution in [0.5, 0.6) is 11.5 Å². The van der Waals surface area contributed by atoms with Gasteiger partial charge in [0.15, 0.2) is 11.5 Å². The molecule has 2 heterocycles. The van der Waals surface area contributed by atoms with E-state index >= 15 is 0 Å². The average Bonchev–Trinajstić information content (AvgIpc) is 3.45. The number of ether oxygens (including phenoxy) is 2. The fourth-order valence-electron chi connectivity index (χ4n) is 5.31. The van der Waals surface area contributed by atoms with E-state index in [2.05, 4.69) is 35.1 Å². The van der Waals surface area contributed by atoms with E-state index in [9.17, 15) is 14.7 Å². The van der Waals surface area contributed by atoms with Crippen LogP contribution in [-0.2, 0) is 9.53 Å². The van der Waals surface area contributed by atoms with Gasteiger partial charge in [-0.05, 0) is 68.3 Å². The van der Waals surface area contributed by atoms with Crippen molar-refractivity contribution in [3.63, 3.8) is 0 Å². The first kappa shape index (κ1) is 24.8. The van der Waals surface area contributed by atoms with E-state index in [1.54, 1.807) is 42.2 Å².